The number of methoxy groups -OCH3 is 2. The van der Waals surface area contributed by atoms with Crippen molar-refractivity contribution in [1.82, 2.24) is 20.1 Å². The summed E-state index contributed by atoms with van der Waals surface area (Å²) in [5, 5.41) is 7.07. The fraction of sp³-hybridized carbons (Fsp3) is 0.304. The first-order valence-electron chi connectivity index (χ1n) is 10.3. The Hall–Kier alpha value is -3.88. The second-order valence-electron chi connectivity index (χ2n) is 7.58. The molecule has 0 radical (unpaired) electrons. The topological polar surface area (TPSA) is 98.6 Å². The lowest BCUT2D eigenvalue weighted by atomic mass is 10.1. The number of carbonyl (C=O) groups is 2. The average molecular weight is 435 g/mol. The van der Waals surface area contributed by atoms with E-state index in [9.17, 15) is 9.59 Å². The van der Waals surface area contributed by atoms with Crippen LogP contribution in [0.1, 0.15) is 17.5 Å². The van der Waals surface area contributed by atoms with E-state index in [-0.39, 0.29) is 18.2 Å². The van der Waals surface area contributed by atoms with Crippen molar-refractivity contribution < 1.29 is 19.1 Å². The Balaban J connectivity index is 1.36. The van der Waals surface area contributed by atoms with Gasteiger partial charge in [-0.15, -0.1) is 0 Å². The van der Waals surface area contributed by atoms with Crippen molar-refractivity contribution in [2.45, 2.75) is 19.5 Å². The number of benzene rings is 2. The van der Waals surface area contributed by atoms with Crippen LogP contribution in [0.4, 0.5) is 5.69 Å². The Kier molecular flexibility index (Phi) is 6.34. The molecule has 166 valence electrons. The third kappa shape index (κ3) is 4.72. The number of nitrogens with zero attached hydrogens (tertiary/aromatic N) is 4. The van der Waals surface area contributed by atoms with Gasteiger partial charge in [0, 0.05) is 31.3 Å². The predicted octanol–water partition coefficient (Wildman–Crippen LogP) is 2.01. The van der Waals surface area contributed by atoms with Crippen LogP contribution in [-0.4, -0.2) is 47.3 Å². The summed E-state index contributed by atoms with van der Waals surface area (Å²) in [6.45, 7) is 1.33. The lowest BCUT2D eigenvalue weighted by Gasteiger charge is -2.18. The molecule has 9 heteroatoms. The van der Waals surface area contributed by atoms with Gasteiger partial charge in [0.25, 0.3) is 0 Å². The van der Waals surface area contributed by atoms with Gasteiger partial charge < -0.3 is 19.7 Å². The van der Waals surface area contributed by atoms with E-state index in [4.69, 9.17) is 9.47 Å². The Labute approximate surface area is 186 Å². The molecule has 0 aliphatic carbocycles. The number of aromatic nitrogens is 3. The SMILES string of the molecule is COc1ccc(N2CC(C(=O)NCc3cccc(Cn4cncn4)c3)CC2=O)cc1OC. The molecule has 9 nitrogen and oxygen atoms in total. The Bertz CT molecular complexity index is 1100. The lowest BCUT2D eigenvalue weighted by Crippen LogP contribution is -2.32. The highest BCUT2D eigenvalue weighted by atomic mass is 16.5. The van der Waals surface area contributed by atoms with Gasteiger partial charge in [-0.25, -0.2) is 9.67 Å². The van der Waals surface area contributed by atoms with Gasteiger partial charge in [-0.05, 0) is 23.3 Å². The maximum absolute atomic E-state index is 12.7. The molecule has 4 rings (SSSR count). The number of ether oxygens (including phenoxy) is 2. The maximum Gasteiger partial charge on any atom is 0.227 e. The molecular formula is C23H25N5O4. The summed E-state index contributed by atoms with van der Waals surface area (Å²) in [5.74, 6) is 0.490. The van der Waals surface area contributed by atoms with Gasteiger partial charge in [-0.2, -0.15) is 5.10 Å². The number of carbonyl (C=O) groups excluding carboxylic acids is 2. The first kappa shape index (κ1) is 21.4. The standard InChI is InChI=1S/C23H25N5O4/c1-31-20-7-6-19(10-21(20)32-2)28-13-18(9-22(28)29)23(30)25-11-16-4-3-5-17(8-16)12-27-15-24-14-26-27/h3-8,10,14-15,18H,9,11-13H2,1-2H3,(H,25,30). The minimum atomic E-state index is -0.408. The monoisotopic (exact) mass is 435 g/mol. The molecule has 2 amide bonds. The third-order valence-electron chi connectivity index (χ3n) is 5.44. The van der Waals surface area contributed by atoms with Crippen LogP contribution in [0.5, 0.6) is 11.5 Å². The van der Waals surface area contributed by atoms with Crippen molar-refractivity contribution in [3.63, 3.8) is 0 Å². The van der Waals surface area contributed by atoms with E-state index < -0.39 is 5.92 Å². The third-order valence-corrected chi connectivity index (χ3v) is 5.44. The summed E-state index contributed by atoms with van der Waals surface area (Å²) in [7, 11) is 3.10. The molecule has 1 saturated heterocycles. The largest absolute Gasteiger partial charge is 0.493 e. The normalized spacial score (nSPS) is 15.6. The zero-order chi connectivity index (χ0) is 22.5. The van der Waals surface area contributed by atoms with Gasteiger partial charge in [-0.3, -0.25) is 9.59 Å². The molecule has 1 unspecified atom stereocenters. The molecule has 1 aliphatic heterocycles. The van der Waals surface area contributed by atoms with Gasteiger partial charge in [0.2, 0.25) is 11.8 Å². The Morgan fingerprint density at radius 3 is 2.69 bits per heavy atom. The van der Waals surface area contributed by atoms with Crippen LogP contribution in [0.3, 0.4) is 0 Å². The number of nitrogens with one attached hydrogen (secondary N) is 1. The van der Waals surface area contributed by atoms with E-state index in [1.165, 1.54) is 6.33 Å². The van der Waals surface area contributed by atoms with Crippen LogP contribution in [0.2, 0.25) is 0 Å². The van der Waals surface area contributed by atoms with Crippen LogP contribution in [0.25, 0.3) is 0 Å². The quantitative estimate of drug-likeness (QED) is 0.581. The van der Waals surface area contributed by atoms with Gasteiger partial charge in [0.05, 0.1) is 26.7 Å². The van der Waals surface area contributed by atoms with Crippen molar-refractivity contribution in [3.8, 4) is 11.5 Å². The van der Waals surface area contributed by atoms with Crippen molar-refractivity contribution in [3.05, 3.63) is 66.2 Å². The molecule has 2 heterocycles. The van der Waals surface area contributed by atoms with E-state index in [0.29, 0.717) is 36.8 Å². The number of hydrogen-bond acceptors (Lipinski definition) is 6. The average Bonchev–Trinajstić information content (AvgIpc) is 3.47. The molecule has 2 aromatic carbocycles. The van der Waals surface area contributed by atoms with Crippen LogP contribution in [0.15, 0.2) is 55.1 Å². The number of amides is 2. The minimum absolute atomic E-state index is 0.0906. The van der Waals surface area contributed by atoms with E-state index >= 15 is 0 Å². The minimum Gasteiger partial charge on any atom is -0.493 e. The second-order valence-corrected chi connectivity index (χ2v) is 7.58. The first-order chi connectivity index (χ1) is 15.6. The van der Waals surface area contributed by atoms with Crippen molar-refractivity contribution in [2.75, 3.05) is 25.7 Å². The predicted molar refractivity (Wildman–Crippen MR) is 117 cm³/mol. The van der Waals surface area contributed by atoms with E-state index in [1.807, 2.05) is 24.3 Å². The summed E-state index contributed by atoms with van der Waals surface area (Å²) in [6.07, 6.45) is 3.33. The Morgan fingerprint density at radius 2 is 1.94 bits per heavy atom. The Morgan fingerprint density at radius 1 is 1.12 bits per heavy atom. The summed E-state index contributed by atoms with van der Waals surface area (Å²) in [6, 6.07) is 13.2. The summed E-state index contributed by atoms with van der Waals surface area (Å²) < 4.78 is 12.3. The number of hydrogen-bond donors (Lipinski definition) is 1. The molecule has 0 spiro atoms. The van der Waals surface area contributed by atoms with Crippen molar-refractivity contribution in [2.24, 2.45) is 5.92 Å². The van der Waals surface area contributed by atoms with Crippen LogP contribution >= 0.6 is 0 Å². The molecule has 1 aromatic heterocycles. The highest BCUT2D eigenvalue weighted by Gasteiger charge is 2.35. The fourth-order valence-electron chi connectivity index (χ4n) is 3.80. The summed E-state index contributed by atoms with van der Waals surface area (Å²) >= 11 is 0. The van der Waals surface area contributed by atoms with E-state index in [0.717, 1.165) is 11.1 Å². The van der Waals surface area contributed by atoms with Gasteiger partial charge >= 0.3 is 0 Å². The van der Waals surface area contributed by atoms with Crippen LogP contribution in [0, 0.1) is 5.92 Å². The lowest BCUT2D eigenvalue weighted by molar-refractivity contribution is -0.126. The molecule has 1 N–H and O–H groups in total. The van der Waals surface area contributed by atoms with Crippen LogP contribution < -0.4 is 19.7 Å². The van der Waals surface area contributed by atoms with Gasteiger partial charge in [0.1, 0.15) is 12.7 Å². The van der Waals surface area contributed by atoms with Gasteiger partial charge in [-0.1, -0.05) is 24.3 Å². The molecule has 1 fully saturated rings. The fourth-order valence-corrected chi connectivity index (χ4v) is 3.80. The molecular weight excluding hydrogens is 410 g/mol. The first-order valence-corrected chi connectivity index (χ1v) is 10.3. The highest BCUT2D eigenvalue weighted by molar-refractivity contribution is 6.00. The number of anilines is 1. The van der Waals surface area contributed by atoms with Crippen molar-refractivity contribution in [1.29, 1.82) is 0 Å². The maximum atomic E-state index is 12.7. The van der Waals surface area contributed by atoms with Crippen molar-refractivity contribution >= 4 is 17.5 Å². The zero-order valence-electron chi connectivity index (χ0n) is 18.0. The summed E-state index contributed by atoms with van der Waals surface area (Å²) in [4.78, 5) is 30.9. The second kappa shape index (κ2) is 9.51. The molecule has 0 saturated carbocycles. The molecule has 1 aliphatic rings. The summed E-state index contributed by atoms with van der Waals surface area (Å²) in [5.41, 5.74) is 2.73. The number of rotatable bonds is 8. The molecule has 0 bridgehead atoms. The van der Waals surface area contributed by atoms with Gasteiger partial charge in [0.15, 0.2) is 11.5 Å². The molecule has 1 atom stereocenters. The smallest absolute Gasteiger partial charge is 0.227 e. The highest BCUT2D eigenvalue weighted by Crippen LogP contribution is 2.34. The molecule has 32 heavy (non-hydrogen) atoms. The molecule has 3 aromatic rings. The zero-order valence-corrected chi connectivity index (χ0v) is 18.0. The van der Waals surface area contributed by atoms with E-state index in [1.54, 1.807) is 48.3 Å². The van der Waals surface area contributed by atoms with Crippen LogP contribution in [-0.2, 0) is 22.7 Å². The van der Waals surface area contributed by atoms with E-state index in [2.05, 4.69) is 15.4 Å².